The van der Waals surface area contributed by atoms with Gasteiger partial charge in [0.15, 0.2) is 5.69 Å². The first-order valence-corrected chi connectivity index (χ1v) is 8.18. The molecule has 1 heterocycles. The van der Waals surface area contributed by atoms with Crippen LogP contribution >= 0.6 is 11.6 Å². The summed E-state index contributed by atoms with van der Waals surface area (Å²) in [4.78, 5) is 23.7. The topological polar surface area (TPSA) is 84.2 Å². The lowest BCUT2D eigenvalue weighted by Gasteiger charge is -2.12. The van der Waals surface area contributed by atoms with Gasteiger partial charge in [0, 0.05) is 5.69 Å². The predicted octanol–water partition coefficient (Wildman–Crippen LogP) is 2.82. The number of aliphatic carboxylic acids is 1. The van der Waals surface area contributed by atoms with Gasteiger partial charge in [0.05, 0.1) is 10.7 Å². The first-order valence-electron chi connectivity index (χ1n) is 7.81. The number of nitrogens with one attached hydrogen (secondary N) is 1. The molecule has 1 unspecified atom stereocenters. The van der Waals surface area contributed by atoms with E-state index in [0.29, 0.717) is 23.0 Å². The van der Waals surface area contributed by atoms with Crippen molar-refractivity contribution in [2.45, 2.75) is 32.2 Å². The van der Waals surface area contributed by atoms with Crippen molar-refractivity contribution in [3.05, 3.63) is 46.7 Å². The van der Waals surface area contributed by atoms with Gasteiger partial charge in [-0.2, -0.15) is 5.10 Å². The zero-order valence-corrected chi connectivity index (χ0v) is 14.0. The van der Waals surface area contributed by atoms with Crippen molar-refractivity contribution < 1.29 is 14.7 Å². The molecule has 0 aliphatic heterocycles. The number of aryl methyl sites for hydroxylation is 1. The Morgan fingerprint density at radius 3 is 2.75 bits per heavy atom. The van der Waals surface area contributed by atoms with Gasteiger partial charge in [0.1, 0.15) is 6.04 Å². The fraction of sp³-hybridized carbons (Fsp3) is 0.353. The Balaban J connectivity index is 1.79. The minimum absolute atomic E-state index is 0.175. The zero-order valence-electron chi connectivity index (χ0n) is 13.2. The van der Waals surface area contributed by atoms with Crippen LogP contribution in [0.2, 0.25) is 5.02 Å². The van der Waals surface area contributed by atoms with Crippen molar-refractivity contribution in [1.82, 2.24) is 15.1 Å². The maximum atomic E-state index is 12.4. The summed E-state index contributed by atoms with van der Waals surface area (Å²) in [6.45, 7) is 1.81. The number of carbonyl (C=O) groups excluding carboxylic acids is 1. The molecule has 0 radical (unpaired) electrons. The summed E-state index contributed by atoms with van der Waals surface area (Å²) in [6, 6.07) is 7.93. The van der Waals surface area contributed by atoms with Crippen LogP contribution in [0.3, 0.4) is 0 Å². The number of aromatic nitrogens is 2. The van der Waals surface area contributed by atoms with Crippen LogP contribution in [0.5, 0.6) is 0 Å². The molecule has 3 rings (SSSR count). The molecule has 0 saturated heterocycles. The lowest BCUT2D eigenvalue weighted by Crippen LogP contribution is -2.41. The van der Waals surface area contributed by atoms with E-state index in [4.69, 9.17) is 11.6 Å². The van der Waals surface area contributed by atoms with E-state index in [2.05, 4.69) is 10.4 Å². The van der Waals surface area contributed by atoms with Crippen LogP contribution < -0.4 is 5.32 Å². The molecule has 2 N–H and O–H groups in total. The zero-order chi connectivity index (χ0) is 17.3. The number of hydrogen-bond acceptors (Lipinski definition) is 3. The van der Waals surface area contributed by atoms with Gasteiger partial charge in [0.2, 0.25) is 0 Å². The molecule has 1 saturated carbocycles. The number of hydrogen-bond donors (Lipinski definition) is 2. The van der Waals surface area contributed by atoms with Gasteiger partial charge in [-0.15, -0.1) is 0 Å². The number of benzene rings is 1. The molecule has 126 valence electrons. The first-order chi connectivity index (χ1) is 11.5. The summed E-state index contributed by atoms with van der Waals surface area (Å²) in [5.74, 6) is -1.11. The van der Waals surface area contributed by atoms with Crippen molar-refractivity contribution in [3.8, 4) is 5.69 Å². The molecular formula is C17H18ClN3O3. The normalized spacial score (nSPS) is 15.1. The second-order valence-corrected chi connectivity index (χ2v) is 6.48. The molecule has 1 aliphatic carbocycles. The minimum atomic E-state index is -1.02. The van der Waals surface area contributed by atoms with E-state index >= 15 is 0 Å². The van der Waals surface area contributed by atoms with Crippen LogP contribution in [0.15, 0.2) is 30.3 Å². The molecular weight excluding hydrogens is 330 g/mol. The number of rotatable bonds is 6. The molecule has 2 aromatic rings. The van der Waals surface area contributed by atoms with Crippen LogP contribution in [0.4, 0.5) is 0 Å². The number of para-hydroxylation sites is 1. The van der Waals surface area contributed by atoms with Crippen LogP contribution in [0, 0.1) is 12.8 Å². The molecule has 1 amide bonds. The maximum Gasteiger partial charge on any atom is 0.326 e. The van der Waals surface area contributed by atoms with Crippen LogP contribution in [0.1, 0.15) is 35.4 Å². The molecule has 7 heteroatoms. The second kappa shape index (κ2) is 6.65. The SMILES string of the molecule is Cc1cc(C(=O)NC(CC2CC2)C(=O)O)nn1-c1ccccc1Cl. The summed E-state index contributed by atoms with van der Waals surface area (Å²) in [5.41, 5.74) is 1.58. The lowest BCUT2D eigenvalue weighted by molar-refractivity contribution is -0.139. The average Bonchev–Trinajstić information content (AvgIpc) is 3.27. The highest BCUT2D eigenvalue weighted by molar-refractivity contribution is 6.32. The third-order valence-corrected chi connectivity index (χ3v) is 4.39. The number of carboxylic acid groups (broad SMARTS) is 1. The quantitative estimate of drug-likeness (QED) is 0.841. The summed E-state index contributed by atoms with van der Waals surface area (Å²) >= 11 is 6.17. The van der Waals surface area contributed by atoms with E-state index in [1.165, 1.54) is 0 Å². The molecule has 0 spiro atoms. The smallest absolute Gasteiger partial charge is 0.326 e. The fourth-order valence-electron chi connectivity index (χ4n) is 2.59. The van der Waals surface area contributed by atoms with Crippen molar-refractivity contribution >= 4 is 23.5 Å². The number of carboxylic acids is 1. The molecule has 0 bridgehead atoms. The average molecular weight is 348 g/mol. The van der Waals surface area contributed by atoms with Gasteiger partial charge < -0.3 is 10.4 Å². The lowest BCUT2D eigenvalue weighted by atomic mass is 10.1. The first kappa shape index (κ1) is 16.5. The number of carbonyl (C=O) groups is 2. The maximum absolute atomic E-state index is 12.4. The van der Waals surface area contributed by atoms with Crippen molar-refractivity contribution in [2.24, 2.45) is 5.92 Å². The Kier molecular flexibility index (Phi) is 4.57. The number of halogens is 1. The van der Waals surface area contributed by atoms with E-state index in [9.17, 15) is 14.7 Å². The van der Waals surface area contributed by atoms with Gasteiger partial charge in [0.25, 0.3) is 5.91 Å². The van der Waals surface area contributed by atoms with Crippen molar-refractivity contribution in [2.75, 3.05) is 0 Å². The second-order valence-electron chi connectivity index (χ2n) is 6.08. The van der Waals surface area contributed by atoms with Crippen LogP contribution in [0.25, 0.3) is 5.69 Å². The highest BCUT2D eigenvalue weighted by Crippen LogP contribution is 2.33. The molecule has 24 heavy (non-hydrogen) atoms. The molecule has 1 atom stereocenters. The van der Waals surface area contributed by atoms with E-state index < -0.39 is 17.9 Å². The third kappa shape index (κ3) is 3.59. The summed E-state index contributed by atoms with van der Waals surface area (Å²) in [5, 5.41) is 16.6. The Bertz CT molecular complexity index is 783. The monoisotopic (exact) mass is 347 g/mol. The fourth-order valence-corrected chi connectivity index (χ4v) is 2.81. The van der Waals surface area contributed by atoms with E-state index in [1.807, 2.05) is 19.1 Å². The summed E-state index contributed by atoms with van der Waals surface area (Å²) in [6.07, 6.45) is 2.52. The Labute approximate surface area is 144 Å². The third-order valence-electron chi connectivity index (χ3n) is 4.07. The Morgan fingerprint density at radius 1 is 1.42 bits per heavy atom. The number of amides is 1. The molecule has 6 nitrogen and oxygen atoms in total. The standard InChI is InChI=1S/C17H18ClN3O3/c1-10-8-13(20-21(10)15-5-3-2-4-12(15)18)16(22)19-14(17(23)24)9-11-6-7-11/h2-5,8,11,14H,6-7,9H2,1H3,(H,19,22)(H,23,24). The minimum Gasteiger partial charge on any atom is -0.480 e. The predicted molar refractivity (Wildman–Crippen MR) is 89.5 cm³/mol. The van der Waals surface area contributed by atoms with E-state index in [0.717, 1.165) is 18.5 Å². The highest BCUT2D eigenvalue weighted by atomic mass is 35.5. The summed E-state index contributed by atoms with van der Waals surface area (Å²) in [7, 11) is 0. The van der Waals surface area contributed by atoms with Gasteiger partial charge in [-0.25, -0.2) is 9.48 Å². The van der Waals surface area contributed by atoms with E-state index in [-0.39, 0.29) is 5.69 Å². The van der Waals surface area contributed by atoms with Gasteiger partial charge in [-0.1, -0.05) is 36.6 Å². The van der Waals surface area contributed by atoms with Crippen molar-refractivity contribution in [1.29, 1.82) is 0 Å². The van der Waals surface area contributed by atoms with Gasteiger partial charge in [-0.3, -0.25) is 4.79 Å². The molecule has 1 fully saturated rings. The Hall–Kier alpha value is -2.34. The van der Waals surface area contributed by atoms with Crippen molar-refractivity contribution in [3.63, 3.8) is 0 Å². The van der Waals surface area contributed by atoms with Gasteiger partial charge >= 0.3 is 5.97 Å². The highest BCUT2D eigenvalue weighted by Gasteiger charge is 2.31. The number of nitrogens with zero attached hydrogens (tertiary/aromatic N) is 2. The largest absolute Gasteiger partial charge is 0.480 e. The molecule has 1 aromatic heterocycles. The molecule has 1 aliphatic rings. The summed E-state index contributed by atoms with van der Waals surface area (Å²) < 4.78 is 1.58. The Morgan fingerprint density at radius 2 is 2.12 bits per heavy atom. The molecule has 1 aromatic carbocycles. The van der Waals surface area contributed by atoms with Gasteiger partial charge in [-0.05, 0) is 37.5 Å². The van der Waals surface area contributed by atoms with Crippen LogP contribution in [-0.4, -0.2) is 32.8 Å². The van der Waals surface area contributed by atoms with E-state index in [1.54, 1.807) is 22.9 Å². The van der Waals surface area contributed by atoms with Crippen LogP contribution in [-0.2, 0) is 4.79 Å².